The Hall–Kier alpha value is -2.03. The summed E-state index contributed by atoms with van der Waals surface area (Å²) in [5.41, 5.74) is 3.59. The number of fused-ring (bicyclic) bond motifs is 1. The molecular weight excluding hydrogens is 241 g/mol. The van der Waals surface area contributed by atoms with E-state index in [4.69, 9.17) is 0 Å². The largest absolute Gasteiger partial charge is 0.298 e. The molecule has 1 aliphatic carbocycles. The summed E-state index contributed by atoms with van der Waals surface area (Å²) in [5, 5.41) is 0. The van der Waals surface area contributed by atoms with E-state index in [-0.39, 0.29) is 11.7 Å². The summed E-state index contributed by atoms with van der Waals surface area (Å²) in [6.45, 7) is 0. The van der Waals surface area contributed by atoms with Crippen molar-refractivity contribution >= 4 is 6.29 Å². The zero-order valence-corrected chi connectivity index (χ0v) is 10.5. The molecule has 0 bridgehead atoms. The lowest BCUT2D eigenvalue weighted by Crippen LogP contribution is -2.14. The molecule has 0 aliphatic heterocycles. The Labute approximate surface area is 111 Å². The van der Waals surface area contributed by atoms with Crippen LogP contribution in [-0.4, -0.2) is 11.3 Å². The molecule has 2 nitrogen and oxygen atoms in total. The molecule has 19 heavy (non-hydrogen) atoms. The SMILES string of the molecule is O=Cc1cc(F)ccc1C1CCCc2cccnc21. The van der Waals surface area contributed by atoms with Crippen LogP contribution in [0.2, 0.25) is 0 Å². The van der Waals surface area contributed by atoms with Gasteiger partial charge in [-0.05, 0) is 48.6 Å². The number of benzene rings is 1. The molecule has 1 aromatic carbocycles. The first-order chi connectivity index (χ1) is 9.29. The first-order valence-corrected chi connectivity index (χ1v) is 6.48. The van der Waals surface area contributed by atoms with E-state index >= 15 is 0 Å². The van der Waals surface area contributed by atoms with Crippen LogP contribution in [0.4, 0.5) is 4.39 Å². The molecule has 1 unspecified atom stereocenters. The molecule has 1 aromatic heterocycles. The molecule has 0 radical (unpaired) electrons. The van der Waals surface area contributed by atoms with E-state index < -0.39 is 0 Å². The van der Waals surface area contributed by atoms with Crippen molar-refractivity contribution in [3.05, 3.63) is 64.7 Å². The number of hydrogen-bond donors (Lipinski definition) is 0. The van der Waals surface area contributed by atoms with Crippen LogP contribution in [0.3, 0.4) is 0 Å². The predicted octanol–water partition coefficient (Wildman–Crippen LogP) is 3.50. The second-order valence-corrected chi connectivity index (χ2v) is 4.88. The molecule has 3 heteroatoms. The van der Waals surface area contributed by atoms with Crippen molar-refractivity contribution in [2.45, 2.75) is 25.2 Å². The van der Waals surface area contributed by atoms with E-state index in [1.807, 2.05) is 6.07 Å². The monoisotopic (exact) mass is 255 g/mol. The highest BCUT2D eigenvalue weighted by atomic mass is 19.1. The second kappa shape index (κ2) is 4.92. The Kier molecular flexibility index (Phi) is 3.11. The van der Waals surface area contributed by atoms with Gasteiger partial charge < -0.3 is 0 Å². The summed E-state index contributed by atoms with van der Waals surface area (Å²) in [7, 11) is 0. The van der Waals surface area contributed by atoms with E-state index in [1.165, 1.54) is 17.7 Å². The Morgan fingerprint density at radius 2 is 2.21 bits per heavy atom. The summed E-state index contributed by atoms with van der Waals surface area (Å²) in [5.74, 6) is -0.270. The van der Waals surface area contributed by atoms with Gasteiger partial charge >= 0.3 is 0 Å². The second-order valence-electron chi connectivity index (χ2n) is 4.88. The Balaban J connectivity index is 2.11. The molecule has 1 heterocycles. The maximum absolute atomic E-state index is 13.2. The minimum absolute atomic E-state index is 0.103. The third kappa shape index (κ3) is 2.16. The van der Waals surface area contributed by atoms with Crippen LogP contribution in [-0.2, 0) is 6.42 Å². The molecule has 1 atom stereocenters. The quantitative estimate of drug-likeness (QED) is 0.769. The Bertz CT molecular complexity index is 624. The third-order valence-electron chi connectivity index (χ3n) is 3.75. The number of aldehydes is 1. The summed E-state index contributed by atoms with van der Waals surface area (Å²) >= 11 is 0. The standard InChI is InChI=1S/C16H14FNO/c17-13-6-7-14(12(9-13)10-19)15-5-1-3-11-4-2-8-18-16(11)15/h2,4,6-10,15H,1,3,5H2. The van der Waals surface area contributed by atoms with E-state index in [1.54, 1.807) is 12.3 Å². The molecule has 1 aliphatic rings. The van der Waals surface area contributed by atoms with Gasteiger partial charge in [0, 0.05) is 17.7 Å². The van der Waals surface area contributed by atoms with Crippen molar-refractivity contribution in [1.29, 1.82) is 0 Å². The Morgan fingerprint density at radius 1 is 1.32 bits per heavy atom. The van der Waals surface area contributed by atoms with Crippen LogP contribution < -0.4 is 0 Å². The van der Waals surface area contributed by atoms with E-state index in [0.29, 0.717) is 5.56 Å². The van der Waals surface area contributed by atoms with Crippen LogP contribution in [0, 0.1) is 5.82 Å². The van der Waals surface area contributed by atoms with Crippen LogP contribution >= 0.6 is 0 Å². The fraction of sp³-hybridized carbons (Fsp3) is 0.250. The summed E-state index contributed by atoms with van der Waals surface area (Å²) in [6, 6.07) is 8.46. The first kappa shape index (κ1) is 12.0. The lowest BCUT2D eigenvalue weighted by Gasteiger charge is -2.25. The number of hydrogen-bond acceptors (Lipinski definition) is 2. The lowest BCUT2D eigenvalue weighted by atomic mass is 9.80. The molecule has 0 saturated carbocycles. The molecule has 0 saturated heterocycles. The average Bonchev–Trinajstić information content (AvgIpc) is 2.46. The number of rotatable bonds is 2. The highest BCUT2D eigenvalue weighted by Gasteiger charge is 2.24. The van der Waals surface area contributed by atoms with Crippen molar-refractivity contribution < 1.29 is 9.18 Å². The van der Waals surface area contributed by atoms with E-state index in [2.05, 4.69) is 11.1 Å². The van der Waals surface area contributed by atoms with Gasteiger partial charge in [-0.1, -0.05) is 12.1 Å². The summed E-state index contributed by atoms with van der Waals surface area (Å²) in [6.07, 6.45) is 5.56. The van der Waals surface area contributed by atoms with Gasteiger partial charge in [-0.3, -0.25) is 9.78 Å². The van der Waals surface area contributed by atoms with Crippen LogP contribution in [0.5, 0.6) is 0 Å². The number of pyridine rings is 1. The number of aryl methyl sites for hydroxylation is 1. The molecule has 2 aromatic rings. The fourth-order valence-corrected chi connectivity index (χ4v) is 2.88. The number of carbonyl (C=O) groups excluding carboxylic acids is 1. The maximum atomic E-state index is 13.2. The van der Waals surface area contributed by atoms with Gasteiger partial charge in [0.25, 0.3) is 0 Å². The van der Waals surface area contributed by atoms with Crippen LogP contribution in [0.1, 0.15) is 45.9 Å². The smallest absolute Gasteiger partial charge is 0.150 e. The van der Waals surface area contributed by atoms with Gasteiger partial charge in [-0.25, -0.2) is 4.39 Å². The third-order valence-corrected chi connectivity index (χ3v) is 3.75. The zero-order chi connectivity index (χ0) is 13.2. The summed E-state index contributed by atoms with van der Waals surface area (Å²) in [4.78, 5) is 15.6. The Morgan fingerprint density at radius 3 is 3.05 bits per heavy atom. The molecule has 0 spiro atoms. The summed E-state index contributed by atoms with van der Waals surface area (Å²) < 4.78 is 13.2. The number of halogens is 1. The first-order valence-electron chi connectivity index (χ1n) is 6.48. The van der Waals surface area contributed by atoms with E-state index in [0.717, 1.165) is 36.8 Å². The van der Waals surface area contributed by atoms with Gasteiger partial charge in [0.2, 0.25) is 0 Å². The predicted molar refractivity (Wildman–Crippen MR) is 70.8 cm³/mol. The van der Waals surface area contributed by atoms with Gasteiger partial charge in [0.05, 0.1) is 5.69 Å². The van der Waals surface area contributed by atoms with Crippen molar-refractivity contribution in [3.63, 3.8) is 0 Å². The maximum Gasteiger partial charge on any atom is 0.150 e. The van der Waals surface area contributed by atoms with Gasteiger partial charge in [0.15, 0.2) is 0 Å². The molecule has 0 N–H and O–H groups in total. The highest BCUT2D eigenvalue weighted by molar-refractivity contribution is 5.78. The number of aromatic nitrogens is 1. The molecule has 0 fully saturated rings. The van der Waals surface area contributed by atoms with Crippen molar-refractivity contribution in [1.82, 2.24) is 4.98 Å². The lowest BCUT2D eigenvalue weighted by molar-refractivity contribution is 0.112. The van der Waals surface area contributed by atoms with Gasteiger partial charge in [-0.15, -0.1) is 0 Å². The molecule has 96 valence electrons. The average molecular weight is 255 g/mol. The topological polar surface area (TPSA) is 30.0 Å². The molecule has 3 rings (SSSR count). The molecular formula is C16H14FNO. The van der Waals surface area contributed by atoms with Gasteiger partial charge in [-0.2, -0.15) is 0 Å². The number of carbonyl (C=O) groups is 1. The minimum Gasteiger partial charge on any atom is -0.298 e. The van der Waals surface area contributed by atoms with Crippen molar-refractivity contribution in [3.8, 4) is 0 Å². The van der Waals surface area contributed by atoms with Crippen LogP contribution in [0.25, 0.3) is 0 Å². The zero-order valence-electron chi connectivity index (χ0n) is 10.5. The van der Waals surface area contributed by atoms with Crippen molar-refractivity contribution in [2.24, 2.45) is 0 Å². The van der Waals surface area contributed by atoms with Crippen molar-refractivity contribution in [2.75, 3.05) is 0 Å². The van der Waals surface area contributed by atoms with Gasteiger partial charge in [0.1, 0.15) is 12.1 Å². The minimum atomic E-state index is -0.372. The molecule has 0 amide bonds. The van der Waals surface area contributed by atoms with Crippen LogP contribution in [0.15, 0.2) is 36.5 Å². The highest BCUT2D eigenvalue weighted by Crippen LogP contribution is 2.36. The normalized spacial score (nSPS) is 17.8. The number of nitrogens with zero attached hydrogens (tertiary/aromatic N) is 1. The fourth-order valence-electron chi connectivity index (χ4n) is 2.88. The van der Waals surface area contributed by atoms with E-state index in [9.17, 15) is 9.18 Å².